The summed E-state index contributed by atoms with van der Waals surface area (Å²) in [5, 5.41) is 0. The van der Waals surface area contributed by atoms with E-state index >= 15 is 0 Å². The molecule has 3 aromatic rings. The fourth-order valence-electron chi connectivity index (χ4n) is 1.85. The van der Waals surface area contributed by atoms with Crippen LogP contribution in [0.3, 0.4) is 0 Å². The van der Waals surface area contributed by atoms with Crippen LogP contribution in [0, 0.1) is 5.82 Å². The van der Waals surface area contributed by atoms with Crippen molar-refractivity contribution in [3.8, 4) is 0 Å². The second-order valence-electron chi connectivity index (χ2n) is 4.13. The van der Waals surface area contributed by atoms with E-state index in [1.54, 1.807) is 24.4 Å². The highest BCUT2D eigenvalue weighted by Crippen LogP contribution is 2.14. The van der Waals surface area contributed by atoms with Gasteiger partial charge >= 0.3 is 0 Å². The van der Waals surface area contributed by atoms with Crippen LogP contribution >= 0.6 is 0 Å². The Kier molecular flexibility index (Phi) is 2.44. The molecule has 5 heteroatoms. The minimum atomic E-state index is -0.238. The molecule has 3 rings (SSSR count). The smallest absolute Gasteiger partial charge is 0.177 e. The second-order valence-corrected chi connectivity index (χ2v) is 4.13. The molecule has 1 aromatic carbocycles. The topological polar surface area (TPSA) is 67.6 Å². The number of anilines is 1. The van der Waals surface area contributed by atoms with Crippen molar-refractivity contribution in [2.75, 3.05) is 5.73 Å². The maximum atomic E-state index is 12.8. The summed E-state index contributed by atoms with van der Waals surface area (Å²) in [4.78, 5) is 11.6. The van der Waals surface area contributed by atoms with Crippen LogP contribution in [0.1, 0.15) is 11.4 Å². The third kappa shape index (κ3) is 2.02. The number of hydrogen-bond acceptors (Lipinski definition) is 3. The summed E-state index contributed by atoms with van der Waals surface area (Å²) in [6.45, 7) is 0. The van der Waals surface area contributed by atoms with Crippen LogP contribution in [0.25, 0.3) is 11.2 Å². The highest BCUT2D eigenvalue weighted by Gasteiger charge is 2.05. The first-order valence-corrected chi connectivity index (χ1v) is 5.55. The van der Waals surface area contributed by atoms with Crippen molar-refractivity contribution in [3.63, 3.8) is 0 Å². The molecule has 0 unspecified atom stereocenters. The van der Waals surface area contributed by atoms with Crippen LogP contribution in [0.15, 0.2) is 36.5 Å². The number of rotatable bonds is 2. The Morgan fingerprint density at radius 3 is 2.78 bits per heavy atom. The average molecular weight is 242 g/mol. The minimum Gasteiger partial charge on any atom is -0.397 e. The largest absolute Gasteiger partial charge is 0.397 e. The summed E-state index contributed by atoms with van der Waals surface area (Å²) in [5.74, 6) is 0.549. The molecule has 0 radical (unpaired) electrons. The molecule has 2 aromatic heterocycles. The standard InChI is InChI=1S/C13H11FN4/c14-9-3-1-8(2-4-9)5-12-17-11-6-10(15)7-16-13(11)18-12/h1-4,6-7H,5,15H2,(H,16,17,18). The van der Waals surface area contributed by atoms with Gasteiger partial charge in [0, 0.05) is 6.42 Å². The average Bonchev–Trinajstić information content (AvgIpc) is 2.73. The number of nitrogens with two attached hydrogens (primary N) is 1. The lowest BCUT2D eigenvalue weighted by atomic mass is 10.1. The summed E-state index contributed by atoms with van der Waals surface area (Å²) < 4.78 is 12.8. The lowest BCUT2D eigenvalue weighted by Crippen LogP contribution is -1.90. The number of pyridine rings is 1. The lowest BCUT2D eigenvalue weighted by Gasteiger charge is -1.97. The highest BCUT2D eigenvalue weighted by molar-refractivity contribution is 5.74. The number of aromatic nitrogens is 3. The van der Waals surface area contributed by atoms with E-state index in [0.29, 0.717) is 17.8 Å². The fraction of sp³-hybridized carbons (Fsp3) is 0.0769. The van der Waals surface area contributed by atoms with Gasteiger partial charge in [0.05, 0.1) is 17.4 Å². The number of hydrogen-bond donors (Lipinski definition) is 2. The second kappa shape index (κ2) is 4.10. The zero-order chi connectivity index (χ0) is 12.5. The van der Waals surface area contributed by atoms with Crippen molar-refractivity contribution in [2.24, 2.45) is 0 Å². The van der Waals surface area contributed by atoms with Crippen LogP contribution in [0.2, 0.25) is 0 Å². The molecule has 2 heterocycles. The Morgan fingerprint density at radius 2 is 2.00 bits per heavy atom. The molecular weight excluding hydrogens is 231 g/mol. The maximum Gasteiger partial charge on any atom is 0.177 e. The number of halogens is 1. The summed E-state index contributed by atoms with van der Waals surface area (Å²) in [6, 6.07) is 8.15. The minimum absolute atomic E-state index is 0.238. The Hall–Kier alpha value is -2.43. The molecule has 0 spiro atoms. The quantitative estimate of drug-likeness (QED) is 0.724. The van der Waals surface area contributed by atoms with Gasteiger partial charge in [-0.1, -0.05) is 12.1 Å². The molecule has 4 nitrogen and oxygen atoms in total. The number of nitrogens with zero attached hydrogens (tertiary/aromatic N) is 2. The van der Waals surface area contributed by atoms with Gasteiger partial charge in [-0.3, -0.25) is 0 Å². The molecule has 0 fully saturated rings. The zero-order valence-corrected chi connectivity index (χ0v) is 9.52. The highest BCUT2D eigenvalue weighted by atomic mass is 19.1. The lowest BCUT2D eigenvalue weighted by molar-refractivity contribution is 0.627. The van der Waals surface area contributed by atoms with Gasteiger partial charge in [0.2, 0.25) is 0 Å². The van der Waals surface area contributed by atoms with Crippen molar-refractivity contribution in [2.45, 2.75) is 6.42 Å². The van der Waals surface area contributed by atoms with Crippen molar-refractivity contribution in [1.29, 1.82) is 0 Å². The SMILES string of the molecule is Nc1cnc2nc(Cc3ccc(F)cc3)[nH]c2c1. The normalized spacial score (nSPS) is 10.9. The molecular formula is C13H11FN4. The number of imidazole rings is 1. The van der Waals surface area contributed by atoms with Gasteiger partial charge in [-0.05, 0) is 23.8 Å². The number of fused-ring (bicyclic) bond motifs is 1. The summed E-state index contributed by atoms with van der Waals surface area (Å²) in [6.07, 6.45) is 2.18. The molecule has 0 aliphatic carbocycles. The number of benzene rings is 1. The van der Waals surface area contributed by atoms with E-state index in [4.69, 9.17) is 5.73 Å². The molecule has 0 aliphatic rings. The molecule has 0 bridgehead atoms. The van der Waals surface area contributed by atoms with E-state index in [-0.39, 0.29) is 5.82 Å². The Morgan fingerprint density at radius 1 is 1.22 bits per heavy atom. The Bertz CT molecular complexity index is 688. The van der Waals surface area contributed by atoms with Crippen LogP contribution in [0.5, 0.6) is 0 Å². The first-order chi connectivity index (χ1) is 8.70. The van der Waals surface area contributed by atoms with Crippen LogP contribution in [-0.4, -0.2) is 15.0 Å². The van der Waals surface area contributed by atoms with Gasteiger partial charge in [-0.25, -0.2) is 14.4 Å². The van der Waals surface area contributed by atoms with E-state index < -0.39 is 0 Å². The van der Waals surface area contributed by atoms with E-state index in [9.17, 15) is 4.39 Å². The Balaban J connectivity index is 1.92. The van der Waals surface area contributed by atoms with Crippen molar-refractivity contribution in [3.05, 3.63) is 53.7 Å². The number of nitrogens with one attached hydrogen (secondary N) is 1. The summed E-state index contributed by atoms with van der Waals surface area (Å²) >= 11 is 0. The van der Waals surface area contributed by atoms with Crippen molar-refractivity contribution < 1.29 is 4.39 Å². The Labute approximate surface area is 103 Å². The van der Waals surface area contributed by atoms with Crippen LogP contribution in [0.4, 0.5) is 10.1 Å². The van der Waals surface area contributed by atoms with Crippen LogP contribution < -0.4 is 5.73 Å². The van der Waals surface area contributed by atoms with E-state index in [1.165, 1.54) is 12.1 Å². The number of nitrogen functional groups attached to an aromatic ring is 1. The third-order valence-electron chi connectivity index (χ3n) is 2.69. The maximum absolute atomic E-state index is 12.8. The van der Waals surface area contributed by atoms with Crippen molar-refractivity contribution >= 4 is 16.9 Å². The molecule has 18 heavy (non-hydrogen) atoms. The van der Waals surface area contributed by atoms with Gasteiger partial charge in [0.1, 0.15) is 11.6 Å². The number of aromatic amines is 1. The van der Waals surface area contributed by atoms with E-state index in [0.717, 1.165) is 16.9 Å². The van der Waals surface area contributed by atoms with Crippen LogP contribution in [-0.2, 0) is 6.42 Å². The number of H-pyrrole nitrogens is 1. The van der Waals surface area contributed by atoms with Gasteiger partial charge in [0.25, 0.3) is 0 Å². The molecule has 0 saturated carbocycles. The zero-order valence-electron chi connectivity index (χ0n) is 9.52. The predicted octanol–water partition coefficient (Wildman–Crippen LogP) is 2.27. The van der Waals surface area contributed by atoms with E-state index in [1.807, 2.05) is 0 Å². The van der Waals surface area contributed by atoms with Gasteiger partial charge < -0.3 is 10.7 Å². The predicted molar refractivity (Wildman–Crippen MR) is 67.5 cm³/mol. The molecule has 0 amide bonds. The first kappa shape index (κ1) is 10.7. The van der Waals surface area contributed by atoms with Gasteiger partial charge in [-0.15, -0.1) is 0 Å². The first-order valence-electron chi connectivity index (χ1n) is 5.55. The fourth-order valence-corrected chi connectivity index (χ4v) is 1.85. The molecule has 0 aliphatic heterocycles. The van der Waals surface area contributed by atoms with Crippen molar-refractivity contribution in [1.82, 2.24) is 15.0 Å². The van der Waals surface area contributed by atoms with Gasteiger partial charge in [-0.2, -0.15) is 0 Å². The summed E-state index contributed by atoms with van der Waals surface area (Å²) in [5.41, 5.74) is 8.69. The monoisotopic (exact) mass is 242 g/mol. The molecule has 90 valence electrons. The third-order valence-corrected chi connectivity index (χ3v) is 2.69. The van der Waals surface area contributed by atoms with E-state index in [2.05, 4.69) is 15.0 Å². The molecule has 0 atom stereocenters. The summed E-state index contributed by atoms with van der Waals surface area (Å²) in [7, 11) is 0. The van der Waals surface area contributed by atoms with Gasteiger partial charge in [0.15, 0.2) is 5.65 Å². The molecule has 3 N–H and O–H groups in total. The molecule has 0 saturated heterocycles.